The standard InChI is InChI=1S/C15H16O/c1-14(2)6-3-7-15-8-4-10-5-9-16-12(10)11(15)13(14)15/h3-5,7-9,11,13H,6H2,1-2H3. The van der Waals surface area contributed by atoms with Crippen molar-refractivity contribution in [3.63, 3.8) is 0 Å². The number of hydrogen-bond donors (Lipinski definition) is 0. The minimum Gasteiger partial charge on any atom is -0.468 e. The predicted octanol–water partition coefficient (Wildman–Crippen LogP) is 3.99. The van der Waals surface area contributed by atoms with Crippen LogP contribution in [0.2, 0.25) is 0 Å². The van der Waals surface area contributed by atoms with Crippen molar-refractivity contribution in [1.82, 2.24) is 0 Å². The van der Waals surface area contributed by atoms with Crippen molar-refractivity contribution in [2.75, 3.05) is 0 Å². The maximum absolute atomic E-state index is 5.70. The molecule has 0 radical (unpaired) electrons. The van der Waals surface area contributed by atoms with Crippen LogP contribution in [0.15, 0.2) is 35.0 Å². The summed E-state index contributed by atoms with van der Waals surface area (Å²) in [5, 5.41) is 0. The molecule has 16 heavy (non-hydrogen) atoms. The van der Waals surface area contributed by atoms with E-state index in [-0.39, 0.29) is 5.41 Å². The lowest BCUT2D eigenvalue weighted by Gasteiger charge is -2.28. The lowest BCUT2D eigenvalue weighted by Crippen LogP contribution is -2.20. The van der Waals surface area contributed by atoms with Gasteiger partial charge < -0.3 is 4.42 Å². The van der Waals surface area contributed by atoms with E-state index in [1.165, 1.54) is 17.7 Å². The summed E-state index contributed by atoms with van der Waals surface area (Å²) in [7, 11) is 0. The third-order valence-corrected chi connectivity index (χ3v) is 4.76. The maximum Gasteiger partial charge on any atom is 0.115 e. The van der Waals surface area contributed by atoms with Crippen LogP contribution in [-0.2, 0) is 0 Å². The fraction of sp³-hybridized carbons (Fsp3) is 0.467. The first-order chi connectivity index (χ1) is 7.65. The minimum absolute atomic E-state index is 0.284. The van der Waals surface area contributed by atoms with Crippen molar-refractivity contribution < 1.29 is 4.42 Å². The molecule has 3 aliphatic rings. The highest BCUT2D eigenvalue weighted by molar-refractivity contribution is 5.64. The Hall–Kier alpha value is -1.24. The number of furan rings is 1. The fourth-order valence-corrected chi connectivity index (χ4v) is 4.05. The Morgan fingerprint density at radius 1 is 1.31 bits per heavy atom. The third kappa shape index (κ3) is 0.807. The summed E-state index contributed by atoms with van der Waals surface area (Å²) < 4.78 is 5.70. The largest absolute Gasteiger partial charge is 0.468 e. The van der Waals surface area contributed by atoms with Crippen LogP contribution >= 0.6 is 0 Å². The molecule has 82 valence electrons. The summed E-state index contributed by atoms with van der Waals surface area (Å²) in [5.74, 6) is 2.54. The number of rotatable bonds is 0. The van der Waals surface area contributed by atoms with Crippen molar-refractivity contribution in [2.24, 2.45) is 16.7 Å². The first-order valence-electron chi connectivity index (χ1n) is 6.09. The molecule has 4 rings (SSSR count). The summed E-state index contributed by atoms with van der Waals surface area (Å²) in [4.78, 5) is 0. The van der Waals surface area contributed by atoms with E-state index < -0.39 is 0 Å². The van der Waals surface area contributed by atoms with Crippen molar-refractivity contribution in [1.29, 1.82) is 0 Å². The van der Waals surface area contributed by atoms with Crippen LogP contribution in [-0.4, -0.2) is 0 Å². The summed E-state index contributed by atoms with van der Waals surface area (Å²) in [6, 6.07) is 2.08. The molecular formula is C15H16O. The molecule has 0 aromatic carbocycles. The molecule has 3 atom stereocenters. The van der Waals surface area contributed by atoms with Crippen LogP contribution in [0.4, 0.5) is 0 Å². The molecule has 3 aliphatic carbocycles. The summed E-state index contributed by atoms with van der Waals surface area (Å²) in [5.41, 5.74) is 1.97. The summed E-state index contributed by atoms with van der Waals surface area (Å²) >= 11 is 0. The van der Waals surface area contributed by atoms with Gasteiger partial charge in [0, 0.05) is 16.9 Å². The van der Waals surface area contributed by atoms with E-state index in [2.05, 4.69) is 44.2 Å². The summed E-state index contributed by atoms with van der Waals surface area (Å²) in [6.07, 6.45) is 12.4. The Kier molecular flexibility index (Phi) is 1.31. The molecule has 1 heteroatoms. The van der Waals surface area contributed by atoms with E-state index in [1.807, 2.05) is 6.26 Å². The van der Waals surface area contributed by atoms with Gasteiger partial charge in [-0.1, -0.05) is 38.2 Å². The van der Waals surface area contributed by atoms with E-state index in [1.54, 1.807) is 0 Å². The highest BCUT2D eigenvalue weighted by Crippen LogP contribution is 2.76. The van der Waals surface area contributed by atoms with Gasteiger partial charge in [0.05, 0.1) is 6.26 Å². The van der Waals surface area contributed by atoms with Crippen molar-refractivity contribution >= 4 is 6.08 Å². The molecule has 1 spiro atoms. The number of hydrogen-bond acceptors (Lipinski definition) is 1. The van der Waals surface area contributed by atoms with Gasteiger partial charge >= 0.3 is 0 Å². The van der Waals surface area contributed by atoms with Gasteiger partial charge in [0.1, 0.15) is 5.76 Å². The molecule has 1 fully saturated rings. The Bertz CT molecular complexity index is 517. The normalized spacial score (nSPS) is 41.1. The smallest absolute Gasteiger partial charge is 0.115 e. The molecule has 0 bridgehead atoms. The second-order valence-electron chi connectivity index (χ2n) is 6.12. The van der Waals surface area contributed by atoms with E-state index in [9.17, 15) is 0 Å². The third-order valence-electron chi connectivity index (χ3n) is 4.76. The van der Waals surface area contributed by atoms with Crippen LogP contribution in [0.3, 0.4) is 0 Å². The number of fused-ring (bicyclic) bond motifs is 3. The second-order valence-corrected chi connectivity index (χ2v) is 6.12. The van der Waals surface area contributed by atoms with Crippen molar-refractivity contribution in [3.8, 4) is 0 Å². The molecule has 3 unspecified atom stereocenters. The van der Waals surface area contributed by atoms with E-state index in [0.29, 0.717) is 11.3 Å². The van der Waals surface area contributed by atoms with Gasteiger partial charge in [-0.05, 0) is 23.8 Å². The minimum atomic E-state index is 0.284. The van der Waals surface area contributed by atoms with E-state index in [0.717, 1.165) is 5.92 Å². The van der Waals surface area contributed by atoms with Crippen LogP contribution in [0, 0.1) is 16.7 Å². The predicted molar refractivity (Wildman–Crippen MR) is 63.9 cm³/mol. The topological polar surface area (TPSA) is 13.1 Å². The first kappa shape index (κ1) is 8.86. The Morgan fingerprint density at radius 3 is 3.06 bits per heavy atom. The zero-order valence-electron chi connectivity index (χ0n) is 9.73. The lowest BCUT2D eigenvalue weighted by molar-refractivity contribution is 0.273. The molecule has 1 aromatic rings. The molecule has 0 aliphatic heterocycles. The molecule has 0 N–H and O–H groups in total. The monoisotopic (exact) mass is 212 g/mol. The number of allylic oxidation sites excluding steroid dienone is 3. The van der Waals surface area contributed by atoms with Crippen molar-refractivity contribution in [3.05, 3.63) is 41.9 Å². The fourth-order valence-electron chi connectivity index (χ4n) is 4.05. The average molecular weight is 212 g/mol. The van der Waals surface area contributed by atoms with Gasteiger partial charge in [-0.15, -0.1) is 0 Å². The Balaban J connectivity index is 1.91. The zero-order chi connectivity index (χ0) is 11.0. The highest BCUT2D eigenvalue weighted by Gasteiger charge is 2.70. The Morgan fingerprint density at radius 2 is 2.19 bits per heavy atom. The van der Waals surface area contributed by atoms with Crippen LogP contribution in [0.5, 0.6) is 0 Å². The van der Waals surface area contributed by atoms with E-state index >= 15 is 0 Å². The van der Waals surface area contributed by atoms with Crippen molar-refractivity contribution in [2.45, 2.75) is 26.2 Å². The van der Waals surface area contributed by atoms with Gasteiger partial charge in [-0.3, -0.25) is 0 Å². The molecule has 1 aromatic heterocycles. The first-order valence-corrected chi connectivity index (χ1v) is 6.09. The van der Waals surface area contributed by atoms with Gasteiger partial charge in [-0.25, -0.2) is 0 Å². The van der Waals surface area contributed by atoms with Crippen LogP contribution in [0.1, 0.15) is 37.5 Å². The molecular weight excluding hydrogens is 196 g/mol. The zero-order valence-corrected chi connectivity index (χ0v) is 9.73. The Labute approximate surface area is 95.8 Å². The molecule has 0 amide bonds. The van der Waals surface area contributed by atoms with Gasteiger partial charge in [-0.2, -0.15) is 0 Å². The van der Waals surface area contributed by atoms with Crippen LogP contribution < -0.4 is 0 Å². The lowest BCUT2D eigenvalue weighted by atomic mass is 9.76. The maximum atomic E-state index is 5.70. The van der Waals surface area contributed by atoms with E-state index in [4.69, 9.17) is 4.42 Å². The van der Waals surface area contributed by atoms with Gasteiger partial charge in [0.25, 0.3) is 0 Å². The molecule has 1 nitrogen and oxygen atoms in total. The van der Waals surface area contributed by atoms with Gasteiger partial charge in [0.2, 0.25) is 0 Å². The quantitative estimate of drug-likeness (QED) is 0.592. The SMILES string of the molecule is CC1(C)CC=CC23C=Cc4ccoc4C2C13. The molecule has 1 saturated carbocycles. The molecule has 0 saturated heterocycles. The molecule has 1 heterocycles. The van der Waals surface area contributed by atoms with Crippen LogP contribution in [0.25, 0.3) is 6.08 Å². The highest BCUT2D eigenvalue weighted by atomic mass is 16.3. The van der Waals surface area contributed by atoms with Gasteiger partial charge in [0.15, 0.2) is 0 Å². The second kappa shape index (κ2) is 2.37. The average Bonchev–Trinajstić information content (AvgIpc) is 2.73. The summed E-state index contributed by atoms with van der Waals surface area (Å²) in [6.45, 7) is 4.77.